The highest BCUT2D eigenvalue weighted by atomic mass is 32.3. The van der Waals surface area contributed by atoms with Crippen LogP contribution in [-0.4, -0.2) is 43.2 Å². The van der Waals surface area contributed by atoms with Crippen molar-refractivity contribution in [1.82, 2.24) is 0 Å². The molecule has 1 saturated carbocycles. The molecule has 0 bridgehead atoms. The van der Waals surface area contributed by atoms with Crippen molar-refractivity contribution in [2.75, 3.05) is 11.5 Å². The Labute approximate surface area is 134 Å². The summed E-state index contributed by atoms with van der Waals surface area (Å²) in [5.74, 6) is -0.414. The van der Waals surface area contributed by atoms with Crippen molar-refractivity contribution >= 4 is 31.6 Å². The molecule has 0 aromatic heterocycles. The van der Waals surface area contributed by atoms with Crippen LogP contribution in [0, 0.1) is 0 Å². The van der Waals surface area contributed by atoms with Gasteiger partial charge in [0.1, 0.15) is 0 Å². The molecule has 0 aromatic rings. The Hall–Kier alpha value is -0.0700. The van der Waals surface area contributed by atoms with Crippen LogP contribution in [0.5, 0.6) is 0 Å². The Kier molecular flexibility index (Phi) is 8.43. The fourth-order valence-corrected chi connectivity index (χ4v) is 5.14. The van der Waals surface area contributed by atoms with E-state index in [2.05, 4.69) is 3.63 Å². The van der Waals surface area contributed by atoms with Crippen molar-refractivity contribution in [2.45, 2.75) is 57.5 Å². The molecule has 1 rings (SSSR count). The van der Waals surface area contributed by atoms with Gasteiger partial charge in [-0.25, -0.2) is 8.39 Å². The summed E-state index contributed by atoms with van der Waals surface area (Å²) in [5.41, 5.74) is 0. The summed E-state index contributed by atoms with van der Waals surface area (Å²) in [6.07, 6.45) is 4.24. The lowest BCUT2D eigenvalue weighted by atomic mass is 9.98. The summed E-state index contributed by atoms with van der Waals surface area (Å²) in [6.45, 7) is 0. The molecule has 0 saturated heterocycles. The highest BCUT2D eigenvalue weighted by Gasteiger charge is 2.28. The van der Waals surface area contributed by atoms with Gasteiger partial charge in [0.15, 0.2) is 11.1 Å². The van der Waals surface area contributed by atoms with Gasteiger partial charge >= 0.3 is 10.4 Å². The zero-order valence-corrected chi connectivity index (χ0v) is 14.6. The summed E-state index contributed by atoms with van der Waals surface area (Å²) < 4.78 is 74.3. The van der Waals surface area contributed by atoms with Crippen molar-refractivity contribution in [3.63, 3.8) is 0 Å². The van der Waals surface area contributed by atoms with Crippen LogP contribution >= 0.6 is 0 Å². The summed E-state index contributed by atoms with van der Waals surface area (Å²) >= 11 is -1.91. The fourth-order valence-electron chi connectivity index (χ4n) is 2.19. The van der Waals surface area contributed by atoms with Gasteiger partial charge < -0.3 is 4.55 Å². The van der Waals surface area contributed by atoms with Crippen LogP contribution in [-0.2, 0) is 39.4 Å². The van der Waals surface area contributed by atoms with Crippen molar-refractivity contribution in [3.05, 3.63) is 0 Å². The molecule has 1 unspecified atom stereocenters. The first kappa shape index (κ1) is 20.0. The van der Waals surface area contributed by atoms with Gasteiger partial charge in [0.05, 0.1) is 11.9 Å². The lowest BCUT2D eigenvalue weighted by Crippen LogP contribution is -2.25. The van der Waals surface area contributed by atoms with Gasteiger partial charge in [-0.3, -0.25) is 0 Å². The lowest BCUT2D eigenvalue weighted by molar-refractivity contribution is 0.145. The second-order valence-electron chi connectivity index (χ2n) is 5.18. The van der Waals surface area contributed by atoms with Crippen LogP contribution in [0.2, 0.25) is 0 Å². The van der Waals surface area contributed by atoms with E-state index in [1.807, 2.05) is 0 Å². The number of unbranched alkanes of at least 4 members (excludes halogenated alkanes) is 2. The first-order valence-electron chi connectivity index (χ1n) is 7.15. The van der Waals surface area contributed by atoms with E-state index < -0.39 is 43.5 Å². The third kappa shape index (κ3) is 9.16. The zero-order chi connectivity index (χ0) is 16.6. The first-order chi connectivity index (χ1) is 10.2. The molecular formula is C11H22O8S3. The Morgan fingerprint density at radius 1 is 1.00 bits per heavy atom. The second kappa shape index (κ2) is 9.28. The first-order valence-corrected chi connectivity index (χ1v) is 11.3. The average molecular weight is 378 g/mol. The third-order valence-electron chi connectivity index (χ3n) is 3.21. The SMILES string of the molecule is O=S(O)CCCCCS(=O)(=O)OS(=O)(=O)OC1CCCCC1. The van der Waals surface area contributed by atoms with Crippen molar-refractivity contribution in [3.8, 4) is 0 Å². The summed E-state index contributed by atoms with van der Waals surface area (Å²) in [6, 6.07) is 0. The van der Waals surface area contributed by atoms with E-state index in [0.717, 1.165) is 19.3 Å². The van der Waals surface area contributed by atoms with Crippen molar-refractivity contribution in [1.29, 1.82) is 0 Å². The molecule has 0 heterocycles. The van der Waals surface area contributed by atoms with Crippen LogP contribution in [0.4, 0.5) is 0 Å². The van der Waals surface area contributed by atoms with Crippen molar-refractivity contribution < 1.29 is 33.4 Å². The van der Waals surface area contributed by atoms with Gasteiger partial charge in [0.25, 0.3) is 10.1 Å². The predicted molar refractivity (Wildman–Crippen MR) is 81.2 cm³/mol. The molecule has 0 amide bonds. The van der Waals surface area contributed by atoms with Crippen LogP contribution in [0.25, 0.3) is 0 Å². The Morgan fingerprint density at radius 3 is 2.23 bits per heavy atom. The predicted octanol–water partition coefficient (Wildman–Crippen LogP) is 1.32. The number of hydrogen-bond acceptors (Lipinski definition) is 7. The molecule has 1 atom stereocenters. The molecule has 0 aromatic carbocycles. The molecule has 11 heteroatoms. The van der Waals surface area contributed by atoms with Gasteiger partial charge in [-0.2, -0.15) is 16.8 Å². The van der Waals surface area contributed by atoms with E-state index in [0.29, 0.717) is 25.7 Å². The van der Waals surface area contributed by atoms with E-state index in [1.54, 1.807) is 0 Å². The van der Waals surface area contributed by atoms with Crippen LogP contribution < -0.4 is 0 Å². The highest BCUT2D eigenvalue weighted by molar-refractivity contribution is 7.97. The molecule has 132 valence electrons. The molecule has 1 aliphatic rings. The van der Waals surface area contributed by atoms with Crippen LogP contribution in [0.3, 0.4) is 0 Å². The molecule has 22 heavy (non-hydrogen) atoms. The second-order valence-corrected chi connectivity index (χ2v) is 9.31. The average Bonchev–Trinajstić information content (AvgIpc) is 2.36. The maximum atomic E-state index is 11.6. The molecule has 1 aliphatic carbocycles. The zero-order valence-electron chi connectivity index (χ0n) is 12.2. The normalized spacial score (nSPS) is 19.1. The van der Waals surface area contributed by atoms with Gasteiger partial charge in [0.2, 0.25) is 0 Å². The summed E-state index contributed by atoms with van der Waals surface area (Å²) in [7, 11) is -8.81. The largest absolute Gasteiger partial charge is 0.414 e. The van der Waals surface area contributed by atoms with E-state index in [1.165, 1.54) is 0 Å². The van der Waals surface area contributed by atoms with E-state index in [9.17, 15) is 21.0 Å². The van der Waals surface area contributed by atoms with E-state index in [4.69, 9.17) is 8.74 Å². The third-order valence-corrected chi connectivity index (χ3v) is 6.64. The highest BCUT2D eigenvalue weighted by Crippen LogP contribution is 2.23. The fraction of sp³-hybridized carbons (Fsp3) is 1.00. The van der Waals surface area contributed by atoms with Crippen LogP contribution in [0.1, 0.15) is 51.4 Å². The monoisotopic (exact) mass is 378 g/mol. The maximum absolute atomic E-state index is 11.6. The Morgan fingerprint density at radius 2 is 1.64 bits per heavy atom. The summed E-state index contributed by atoms with van der Waals surface area (Å²) in [4.78, 5) is 0. The molecule has 0 radical (unpaired) electrons. The minimum Gasteiger partial charge on any atom is -0.306 e. The van der Waals surface area contributed by atoms with Gasteiger partial charge in [-0.1, -0.05) is 25.7 Å². The smallest absolute Gasteiger partial charge is 0.306 e. The molecule has 0 spiro atoms. The van der Waals surface area contributed by atoms with E-state index >= 15 is 0 Å². The molecule has 1 fully saturated rings. The van der Waals surface area contributed by atoms with Crippen LogP contribution in [0.15, 0.2) is 0 Å². The van der Waals surface area contributed by atoms with Crippen molar-refractivity contribution in [2.24, 2.45) is 0 Å². The Balaban J connectivity index is 2.36. The molecule has 1 N–H and O–H groups in total. The van der Waals surface area contributed by atoms with Gasteiger partial charge in [-0.05, 0) is 25.7 Å². The molecular weight excluding hydrogens is 356 g/mol. The standard InChI is InChI=1S/C11H22O8S3/c12-20(13)9-5-2-6-10-21(14,15)19-22(16,17)18-11-7-3-1-4-8-11/h11H,1-10H2,(H,12,13). The van der Waals surface area contributed by atoms with Gasteiger partial charge in [-0.15, -0.1) is 3.63 Å². The quantitative estimate of drug-likeness (QED) is 0.446. The number of rotatable bonds is 10. The molecule has 0 aliphatic heterocycles. The Bertz CT molecular complexity index is 548. The maximum Gasteiger partial charge on any atom is 0.414 e. The summed E-state index contributed by atoms with van der Waals surface area (Å²) in [5, 5.41) is 0. The number of hydrogen-bond donors (Lipinski definition) is 1. The topological polar surface area (TPSA) is 124 Å². The van der Waals surface area contributed by atoms with E-state index in [-0.39, 0.29) is 12.2 Å². The van der Waals surface area contributed by atoms with Gasteiger partial charge in [0, 0.05) is 5.75 Å². The molecule has 8 nitrogen and oxygen atoms in total. The lowest BCUT2D eigenvalue weighted by Gasteiger charge is -2.20. The minimum absolute atomic E-state index is 0.0595. The minimum atomic E-state index is -4.57.